The Hall–Kier alpha value is -3.73. The van der Waals surface area contributed by atoms with Crippen LogP contribution in [0.3, 0.4) is 0 Å². The summed E-state index contributed by atoms with van der Waals surface area (Å²) in [5.41, 5.74) is 5.57. The summed E-state index contributed by atoms with van der Waals surface area (Å²) in [6.45, 7) is 7.98. The maximum atomic E-state index is 6.16. The highest BCUT2D eigenvalue weighted by atomic mass is 16.5. The molecule has 176 valence electrons. The fourth-order valence-corrected chi connectivity index (χ4v) is 4.01. The van der Waals surface area contributed by atoms with Gasteiger partial charge in [0.2, 0.25) is 0 Å². The van der Waals surface area contributed by atoms with Gasteiger partial charge in [0.1, 0.15) is 18.2 Å². The van der Waals surface area contributed by atoms with Crippen LogP contribution in [-0.2, 0) is 13.2 Å². The van der Waals surface area contributed by atoms with Crippen LogP contribution >= 0.6 is 0 Å². The van der Waals surface area contributed by atoms with E-state index in [9.17, 15) is 0 Å². The molecule has 0 spiro atoms. The standard InChI is InChI=1S/C29H32N2O3/c1-5-10-23-15-16-27(28(19-23)32-4)34-20-29-30-24-12-6-7-13-25(24)31(29)17-9-18-33-26-14-8-11-21(2)22(26)3/h5-8,10-16,19H,9,17-18,20H2,1-4H3/b10-5-. The van der Waals surface area contributed by atoms with Crippen molar-refractivity contribution < 1.29 is 14.2 Å². The van der Waals surface area contributed by atoms with Gasteiger partial charge in [-0.15, -0.1) is 0 Å². The molecule has 0 aliphatic carbocycles. The van der Waals surface area contributed by atoms with E-state index in [1.54, 1.807) is 7.11 Å². The molecule has 34 heavy (non-hydrogen) atoms. The monoisotopic (exact) mass is 456 g/mol. The number of allylic oxidation sites excluding steroid dienone is 1. The molecule has 3 aromatic carbocycles. The Morgan fingerprint density at radius 1 is 0.912 bits per heavy atom. The molecule has 5 heteroatoms. The van der Waals surface area contributed by atoms with E-state index in [-0.39, 0.29) is 0 Å². The van der Waals surface area contributed by atoms with Gasteiger partial charge in [-0.05, 0) is 74.2 Å². The van der Waals surface area contributed by atoms with Gasteiger partial charge in [-0.1, -0.05) is 42.5 Å². The number of para-hydroxylation sites is 2. The van der Waals surface area contributed by atoms with Crippen molar-refractivity contribution in [2.75, 3.05) is 13.7 Å². The van der Waals surface area contributed by atoms with E-state index in [1.165, 1.54) is 11.1 Å². The zero-order chi connectivity index (χ0) is 23.9. The highest BCUT2D eigenvalue weighted by Crippen LogP contribution is 2.30. The van der Waals surface area contributed by atoms with E-state index in [1.807, 2.05) is 67.6 Å². The normalized spacial score (nSPS) is 11.3. The SMILES string of the molecule is C/C=C\c1ccc(OCc2nc3ccccc3n2CCCOc2cccc(C)c2C)c(OC)c1. The van der Waals surface area contributed by atoms with Crippen molar-refractivity contribution in [3.8, 4) is 17.2 Å². The minimum Gasteiger partial charge on any atom is -0.493 e. The number of rotatable bonds is 10. The van der Waals surface area contributed by atoms with E-state index in [0.29, 0.717) is 24.7 Å². The summed E-state index contributed by atoms with van der Waals surface area (Å²) in [5.74, 6) is 3.24. The number of aromatic nitrogens is 2. The second-order valence-electron chi connectivity index (χ2n) is 8.27. The summed E-state index contributed by atoms with van der Waals surface area (Å²) in [4.78, 5) is 4.84. The largest absolute Gasteiger partial charge is 0.493 e. The number of benzene rings is 3. The Kier molecular flexibility index (Phi) is 7.53. The Balaban J connectivity index is 1.47. The van der Waals surface area contributed by atoms with E-state index in [0.717, 1.165) is 41.1 Å². The van der Waals surface area contributed by atoms with Crippen molar-refractivity contribution in [2.45, 2.75) is 40.3 Å². The van der Waals surface area contributed by atoms with Gasteiger partial charge >= 0.3 is 0 Å². The molecule has 0 bridgehead atoms. The lowest BCUT2D eigenvalue weighted by atomic mass is 10.1. The summed E-state index contributed by atoms with van der Waals surface area (Å²) in [6.07, 6.45) is 4.90. The molecule has 0 saturated carbocycles. The zero-order valence-electron chi connectivity index (χ0n) is 20.4. The van der Waals surface area contributed by atoms with Crippen LogP contribution in [0, 0.1) is 13.8 Å². The van der Waals surface area contributed by atoms with Crippen LogP contribution in [0.5, 0.6) is 17.2 Å². The third-order valence-corrected chi connectivity index (χ3v) is 5.98. The fraction of sp³-hybridized carbons (Fsp3) is 0.276. The first kappa shape index (κ1) is 23.4. The van der Waals surface area contributed by atoms with E-state index in [2.05, 4.69) is 30.5 Å². The van der Waals surface area contributed by atoms with E-state index in [4.69, 9.17) is 19.2 Å². The van der Waals surface area contributed by atoms with E-state index < -0.39 is 0 Å². The maximum absolute atomic E-state index is 6.16. The van der Waals surface area contributed by atoms with Gasteiger partial charge in [-0.25, -0.2) is 4.98 Å². The molecule has 0 unspecified atom stereocenters. The molecular weight excluding hydrogens is 424 g/mol. The number of hydrogen-bond acceptors (Lipinski definition) is 4. The van der Waals surface area contributed by atoms with Crippen LogP contribution in [0.25, 0.3) is 17.1 Å². The molecule has 0 saturated heterocycles. The predicted molar refractivity (Wildman–Crippen MR) is 138 cm³/mol. The first-order valence-corrected chi connectivity index (χ1v) is 11.7. The average molecular weight is 457 g/mol. The van der Waals surface area contributed by atoms with Crippen molar-refractivity contribution in [2.24, 2.45) is 0 Å². The van der Waals surface area contributed by atoms with Crippen LogP contribution in [-0.4, -0.2) is 23.3 Å². The highest BCUT2D eigenvalue weighted by molar-refractivity contribution is 5.75. The van der Waals surface area contributed by atoms with Gasteiger partial charge in [-0.3, -0.25) is 0 Å². The first-order chi connectivity index (χ1) is 16.6. The molecule has 4 aromatic rings. The van der Waals surface area contributed by atoms with Gasteiger partial charge in [0, 0.05) is 6.54 Å². The second kappa shape index (κ2) is 10.9. The van der Waals surface area contributed by atoms with E-state index >= 15 is 0 Å². The van der Waals surface area contributed by atoms with Gasteiger partial charge in [0.15, 0.2) is 11.5 Å². The number of ether oxygens (including phenoxy) is 3. The van der Waals surface area contributed by atoms with Crippen LogP contribution in [0.4, 0.5) is 0 Å². The second-order valence-corrected chi connectivity index (χ2v) is 8.27. The number of hydrogen-bond donors (Lipinski definition) is 0. The lowest BCUT2D eigenvalue weighted by molar-refractivity contribution is 0.267. The van der Waals surface area contributed by atoms with Crippen LogP contribution in [0.1, 0.15) is 35.9 Å². The number of aryl methyl sites for hydroxylation is 2. The third-order valence-electron chi connectivity index (χ3n) is 5.98. The topological polar surface area (TPSA) is 45.5 Å². The number of methoxy groups -OCH3 is 1. The average Bonchev–Trinajstić information content (AvgIpc) is 3.21. The number of nitrogens with zero attached hydrogens (tertiary/aromatic N) is 2. The molecule has 0 amide bonds. The molecule has 0 aliphatic rings. The minimum absolute atomic E-state index is 0.353. The van der Waals surface area contributed by atoms with Gasteiger partial charge < -0.3 is 18.8 Å². The third kappa shape index (κ3) is 5.25. The van der Waals surface area contributed by atoms with Crippen LogP contribution in [0.15, 0.2) is 66.7 Å². The molecule has 0 atom stereocenters. The Morgan fingerprint density at radius 3 is 2.59 bits per heavy atom. The molecule has 5 nitrogen and oxygen atoms in total. The Labute approximate surface area is 201 Å². The van der Waals surface area contributed by atoms with Crippen molar-refractivity contribution >= 4 is 17.1 Å². The summed E-state index contributed by atoms with van der Waals surface area (Å²) in [5, 5.41) is 0. The maximum Gasteiger partial charge on any atom is 0.161 e. The molecule has 1 heterocycles. The predicted octanol–water partition coefficient (Wildman–Crippen LogP) is 6.74. The number of imidazole rings is 1. The molecule has 0 N–H and O–H groups in total. The summed E-state index contributed by atoms with van der Waals surface area (Å²) in [7, 11) is 1.66. The van der Waals surface area contributed by atoms with Crippen molar-refractivity contribution in [1.82, 2.24) is 9.55 Å². The lowest BCUT2D eigenvalue weighted by Gasteiger charge is -2.14. The summed E-state index contributed by atoms with van der Waals surface area (Å²) < 4.78 is 20.0. The fourth-order valence-electron chi connectivity index (χ4n) is 4.01. The van der Waals surface area contributed by atoms with Gasteiger partial charge in [-0.2, -0.15) is 0 Å². The van der Waals surface area contributed by atoms with Crippen molar-refractivity contribution in [3.05, 3.63) is 89.3 Å². The Morgan fingerprint density at radius 2 is 1.76 bits per heavy atom. The molecule has 0 aliphatic heterocycles. The van der Waals surface area contributed by atoms with Crippen LogP contribution in [0.2, 0.25) is 0 Å². The first-order valence-electron chi connectivity index (χ1n) is 11.7. The van der Waals surface area contributed by atoms with Gasteiger partial charge in [0.25, 0.3) is 0 Å². The van der Waals surface area contributed by atoms with Crippen LogP contribution < -0.4 is 14.2 Å². The minimum atomic E-state index is 0.353. The highest BCUT2D eigenvalue weighted by Gasteiger charge is 2.13. The molecular formula is C29H32N2O3. The smallest absolute Gasteiger partial charge is 0.161 e. The molecule has 4 rings (SSSR count). The summed E-state index contributed by atoms with van der Waals surface area (Å²) >= 11 is 0. The van der Waals surface area contributed by atoms with Gasteiger partial charge in [0.05, 0.1) is 24.8 Å². The zero-order valence-corrected chi connectivity index (χ0v) is 20.4. The van der Waals surface area contributed by atoms with Crippen molar-refractivity contribution in [3.63, 3.8) is 0 Å². The lowest BCUT2D eigenvalue weighted by Crippen LogP contribution is -2.10. The van der Waals surface area contributed by atoms with Crippen molar-refractivity contribution in [1.29, 1.82) is 0 Å². The Bertz CT molecular complexity index is 1290. The molecule has 1 aromatic heterocycles. The molecule has 0 fully saturated rings. The summed E-state index contributed by atoms with van der Waals surface area (Å²) in [6, 6.07) is 20.3. The molecule has 0 radical (unpaired) electrons. The number of fused-ring (bicyclic) bond motifs is 1. The quantitative estimate of drug-likeness (QED) is 0.248.